The zero-order valence-corrected chi connectivity index (χ0v) is 20.9. The number of fused-ring (bicyclic) bond motifs is 3. The normalized spacial score (nSPS) is 14.2. The highest BCUT2D eigenvalue weighted by Gasteiger charge is 2.30. The second-order valence-electron chi connectivity index (χ2n) is 9.15. The van der Waals surface area contributed by atoms with Gasteiger partial charge in [-0.3, -0.25) is 0 Å². The molecule has 0 atom stereocenters. The van der Waals surface area contributed by atoms with Gasteiger partial charge in [-0.25, -0.2) is 8.42 Å². The third kappa shape index (κ3) is 3.79. The number of ether oxygens (including phenoxy) is 1. The standard InChI is InChI=1S/C29H29NO3S/c1-19-9-11-24(12-10-19)34(31,32)30-14-13-25-22(18-30)17-28(27-8-6-5-7-26(25)27)29-20(2)15-23(33-4)16-21(29)3/h5-12,15-17H,13-14,18H2,1-4H3. The molecule has 34 heavy (non-hydrogen) atoms. The van der Waals surface area contributed by atoms with Crippen LogP contribution >= 0.6 is 0 Å². The van der Waals surface area contributed by atoms with E-state index in [1.807, 2.05) is 19.1 Å². The van der Waals surface area contributed by atoms with E-state index in [0.29, 0.717) is 24.4 Å². The predicted octanol–water partition coefficient (Wildman–Crippen LogP) is 6.19. The lowest BCUT2D eigenvalue weighted by molar-refractivity contribution is 0.392. The van der Waals surface area contributed by atoms with Gasteiger partial charge in [-0.15, -0.1) is 0 Å². The van der Waals surface area contributed by atoms with E-state index in [1.54, 1.807) is 23.5 Å². The summed E-state index contributed by atoms with van der Waals surface area (Å²) in [4.78, 5) is 0.351. The molecule has 0 spiro atoms. The molecule has 1 aliphatic heterocycles. The molecule has 4 aromatic carbocycles. The molecule has 0 unspecified atom stereocenters. The van der Waals surface area contributed by atoms with Crippen LogP contribution in [0.4, 0.5) is 0 Å². The fourth-order valence-electron chi connectivity index (χ4n) is 5.17. The number of benzene rings is 4. The van der Waals surface area contributed by atoms with Crippen molar-refractivity contribution in [2.24, 2.45) is 0 Å². The van der Waals surface area contributed by atoms with Crippen molar-refractivity contribution in [3.05, 3.63) is 94.5 Å². The molecule has 0 amide bonds. The average Bonchev–Trinajstić information content (AvgIpc) is 2.83. The summed E-state index contributed by atoms with van der Waals surface area (Å²) >= 11 is 0. The van der Waals surface area contributed by atoms with Gasteiger partial charge in [-0.1, -0.05) is 42.0 Å². The van der Waals surface area contributed by atoms with Crippen molar-refractivity contribution < 1.29 is 13.2 Å². The maximum atomic E-state index is 13.4. The Labute approximate surface area is 201 Å². The first kappa shape index (κ1) is 22.6. The zero-order chi connectivity index (χ0) is 24.0. The van der Waals surface area contributed by atoms with E-state index in [4.69, 9.17) is 4.74 Å². The van der Waals surface area contributed by atoms with Crippen LogP contribution in [0.25, 0.3) is 21.9 Å². The molecule has 0 aromatic heterocycles. The highest BCUT2D eigenvalue weighted by molar-refractivity contribution is 7.89. The maximum Gasteiger partial charge on any atom is 0.243 e. The first-order valence-corrected chi connectivity index (χ1v) is 13.0. The summed E-state index contributed by atoms with van der Waals surface area (Å²) in [7, 11) is -1.88. The lowest BCUT2D eigenvalue weighted by Crippen LogP contribution is -2.36. The molecule has 0 saturated heterocycles. The van der Waals surface area contributed by atoms with Gasteiger partial charge in [0.2, 0.25) is 10.0 Å². The van der Waals surface area contributed by atoms with Crippen LogP contribution in [0.2, 0.25) is 0 Å². The van der Waals surface area contributed by atoms with E-state index in [1.165, 1.54) is 21.9 Å². The molecular formula is C29H29NO3S. The average molecular weight is 472 g/mol. The predicted molar refractivity (Wildman–Crippen MR) is 138 cm³/mol. The van der Waals surface area contributed by atoms with Gasteiger partial charge in [0, 0.05) is 13.1 Å². The molecule has 174 valence electrons. The number of hydrogen-bond acceptors (Lipinski definition) is 3. The van der Waals surface area contributed by atoms with Gasteiger partial charge in [-0.2, -0.15) is 4.31 Å². The van der Waals surface area contributed by atoms with E-state index in [2.05, 4.69) is 56.3 Å². The lowest BCUT2D eigenvalue weighted by atomic mass is 9.86. The van der Waals surface area contributed by atoms with E-state index in [9.17, 15) is 8.42 Å². The molecule has 0 radical (unpaired) electrons. The fourth-order valence-corrected chi connectivity index (χ4v) is 6.59. The Kier molecular flexibility index (Phi) is 5.70. The number of hydrogen-bond donors (Lipinski definition) is 0. The van der Waals surface area contributed by atoms with Gasteiger partial charge in [0.25, 0.3) is 0 Å². The van der Waals surface area contributed by atoms with Gasteiger partial charge in [-0.05, 0) is 102 Å². The van der Waals surface area contributed by atoms with Crippen LogP contribution in [0, 0.1) is 20.8 Å². The van der Waals surface area contributed by atoms with Gasteiger partial charge in [0.1, 0.15) is 5.75 Å². The summed E-state index contributed by atoms with van der Waals surface area (Å²) in [5.74, 6) is 0.844. The summed E-state index contributed by atoms with van der Waals surface area (Å²) in [6.45, 7) is 7.02. The topological polar surface area (TPSA) is 46.6 Å². The number of aryl methyl sites for hydroxylation is 3. The number of nitrogens with zero attached hydrogens (tertiary/aromatic N) is 1. The quantitative estimate of drug-likeness (QED) is 0.357. The van der Waals surface area contributed by atoms with Crippen LogP contribution in [0.15, 0.2) is 71.6 Å². The van der Waals surface area contributed by atoms with Crippen molar-refractivity contribution in [2.75, 3.05) is 13.7 Å². The number of rotatable bonds is 4. The minimum absolute atomic E-state index is 0.351. The minimum Gasteiger partial charge on any atom is -0.497 e. The molecule has 0 aliphatic carbocycles. The molecule has 4 aromatic rings. The third-order valence-electron chi connectivity index (χ3n) is 6.88. The van der Waals surface area contributed by atoms with Crippen molar-refractivity contribution in [1.29, 1.82) is 0 Å². The Bertz CT molecular complexity index is 1480. The second kappa shape index (κ2) is 8.57. The van der Waals surface area contributed by atoms with Gasteiger partial charge < -0.3 is 4.74 Å². The lowest BCUT2D eigenvalue weighted by Gasteiger charge is -2.30. The van der Waals surface area contributed by atoms with Crippen molar-refractivity contribution >= 4 is 20.8 Å². The second-order valence-corrected chi connectivity index (χ2v) is 11.1. The molecule has 4 nitrogen and oxygen atoms in total. The number of methoxy groups -OCH3 is 1. The van der Waals surface area contributed by atoms with Crippen LogP contribution in [0.3, 0.4) is 0 Å². The largest absolute Gasteiger partial charge is 0.497 e. The van der Waals surface area contributed by atoms with Crippen LogP contribution in [-0.2, 0) is 23.0 Å². The van der Waals surface area contributed by atoms with Gasteiger partial charge in [0.15, 0.2) is 0 Å². The molecule has 1 heterocycles. The highest BCUT2D eigenvalue weighted by atomic mass is 32.2. The van der Waals surface area contributed by atoms with Crippen LogP contribution < -0.4 is 4.74 Å². The molecular weight excluding hydrogens is 442 g/mol. The monoisotopic (exact) mass is 471 g/mol. The first-order chi connectivity index (χ1) is 16.3. The van der Waals surface area contributed by atoms with Crippen molar-refractivity contribution in [3.8, 4) is 16.9 Å². The highest BCUT2D eigenvalue weighted by Crippen LogP contribution is 2.40. The molecule has 1 aliphatic rings. The smallest absolute Gasteiger partial charge is 0.243 e. The van der Waals surface area contributed by atoms with E-state index < -0.39 is 10.0 Å². The fraction of sp³-hybridized carbons (Fsp3) is 0.241. The van der Waals surface area contributed by atoms with Crippen molar-refractivity contribution in [1.82, 2.24) is 4.31 Å². The van der Waals surface area contributed by atoms with Gasteiger partial charge in [0.05, 0.1) is 12.0 Å². The SMILES string of the molecule is COc1cc(C)c(-c2cc3c(c4ccccc24)CCN(S(=O)(=O)c2ccc(C)cc2)C3)c(C)c1. The first-order valence-electron chi connectivity index (χ1n) is 11.6. The Morgan fingerprint density at radius 2 is 1.50 bits per heavy atom. The zero-order valence-electron chi connectivity index (χ0n) is 20.1. The molecule has 5 heteroatoms. The summed E-state index contributed by atoms with van der Waals surface area (Å²) in [5, 5.41) is 2.41. The molecule has 0 fully saturated rings. The van der Waals surface area contributed by atoms with Crippen LogP contribution in [0.5, 0.6) is 5.75 Å². The molecule has 0 saturated carbocycles. The van der Waals surface area contributed by atoms with Crippen molar-refractivity contribution in [2.45, 2.75) is 38.6 Å². The summed E-state index contributed by atoms with van der Waals surface area (Å²) < 4.78 is 33.9. The van der Waals surface area contributed by atoms with Crippen LogP contribution in [-0.4, -0.2) is 26.4 Å². The summed E-state index contributed by atoms with van der Waals surface area (Å²) in [6, 6.07) is 21.9. The summed E-state index contributed by atoms with van der Waals surface area (Å²) in [6.07, 6.45) is 0.696. The summed E-state index contributed by atoms with van der Waals surface area (Å²) in [5.41, 5.74) is 7.97. The Hall–Kier alpha value is -3.15. The van der Waals surface area contributed by atoms with Gasteiger partial charge >= 0.3 is 0 Å². The van der Waals surface area contributed by atoms with Crippen molar-refractivity contribution in [3.63, 3.8) is 0 Å². The molecule has 0 bridgehead atoms. The van der Waals surface area contributed by atoms with E-state index in [-0.39, 0.29) is 0 Å². The number of sulfonamides is 1. The third-order valence-corrected chi connectivity index (χ3v) is 8.74. The molecule has 0 N–H and O–H groups in total. The Balaban J connectivity index is 1.65. The Morgan fingerprint density at radius 3 is 2.15 bits per heavy atom. The molecule has 5 rings (SSSR count). The van der Waals surface area contributed by atoms with Crippen LogP contribution in [0.1, 0.15) is 27.8 Å². The maximum absolute atomic E-state index is 13.4. The minimum atomic E-state index is -3.56. The Morgan fingerprint density at radius 1 is 0.853 bits per heavy atom. The van der Waals surface area contributed by atoms with E-state index >= 15 is 0 Å². The van der Waals surface area contributed by atoms with E-state index in [0.717, 1.165) is 33.6 Å².